The fourth-order valence-corrected chi connectivity index (χ4v) is 5.64. The smallest absolute Gasteiger partial charge is 0.303 e. The Morgan fingerprint density at radius 3 is 2.62 bits per heavy atom. The van der Waals surface area contributed by atoms with Gasteiger partial charge in [-0.25, -0.2) is 4.99 Å². The van der Waals surface area contributed by atoms with Crippen LogP contribution in [0.2, 0.25) is 0 Å². The highest BCUT2D eigenvalue weighted by molar-refractivity contribution is 5.90. The lowest BCUT2D eigenvalue weighted by atomic mass is 10.1. The van der Waals surface area contributed by atoms with E-state index in [2.05, 4.69) is 73.3 Å². The van der Waals surface area contributed by atoms with E-state index >= 15 is 0 Å². The molecule has 0 fully saturated rings. The molecular weight excluding hydrogens is 564 g/mol. The number of para-hydroxylation sites is 1. The molecule has 5 rings (SSSR count). The van der Waals surface area contributed by atoms with Crippen LogP contribution in [0, 0.1) is 0 Å². The lowest BCUT2D eigenvalue weighted by molar-refractivity contribution is -0.137. The summed E-state index contributed by atoms with van der Waals surface area (Å²) in [5.41, 5.74) is 5.45. The first-order valence-corrected chi connectivity index (χ1v) is 16.0. The van der Waals surface area contributed by atoms with E-state index < -0.39 is 5.97 Å². The number of aryl methyl sites for hydroxylation is 1. The molecule has 0 radical (unpaired) electrons. The first-order valence-electron chi connectivity index (χ1n) is 16.0. The van der Waals surface area contributed by atoms with Crippen molar-refractivity contribution in [2.75, 3.05) is 44.6 Å². The van der Waals surface area contributed by atoms with Gasteiger partial charge in [-0.2, -0.15) is 0 Å². The first kappa shape index (κ1) is 31.9. The highest BCUT2D eigenvalue weighted by atomic mass is 16.5. The third kappa shape index (κ3) is 10.0. The van der Waals surface area contributed by atoms with E-state index in [4.69, 9.17) is 9.84 Å². The standard InChI is InChI=1S/C36H44N6O3/c43-35(44)15-7-22-42(23-8-20-37-33-18-21-38-32-14-5-4-13-30(32)33)24-9-25-45-29-16-17-31-34(26-29)40-27-41-36(31)39-19-6-12-28-10-2-1-3-11-28/h1-5,10-11,13-14,16-18,21,26-27,36,39H,6-9,12,15,19-20,22-25H2,(H,37,38)(H,40,41)(H,43,44). The van der Waals surface area contributed by atoms with Crippen LogP contribution in [0.3, 0.4) is 0 Å². The number of aromatic nitrogens is 1. The van der Waals surface area contributed by atoms with Crippen LogP contribution in [-0.2, 0) is 11.2 Å². The maximum Gasteiger partial charge on any atom is 0.303 e. The fourth-order valence-electron chi connectivity index (χ4n) is 5.64. The van der Waals surface area contributed by atoms with Gasteiger partial charge in [0.1, 0.15) is 11.9 Å². The Balaban J connectivity index is 1.05. The van der Waals surface area contributed by atoms with Crippen LogP contribution in [0.5, 0.6) is 5.75 Å². The molecule has 0 saturated heterocycles. The van der Waals surface area contributed by atoms with Crippen molar-refractivity contribution in [3.63, 3.8) is 0 Å². The number of nitrogens with one attached hydrogen (secondary N) is 3. The normalized spacial score (nSPS) is 13.8. The van der Waals surface area contributed by atoms with E-state index in [9.17, 15) is 4.79 Å². The minimum atomic E-state index is -0.751. The number of ether oxygens (including phenoxy) is 1. The number of aliphatic carboxylic acids is 1. The number of hydrogen-bond acceptors (Lipinski definition) is 8. The van der Waals surface area contributed by atoms with Crippen LogP contribution in [0.4, 0.5) is 11.4 Å². The monoisotopic (exact) mass is 608 g/mol. The molecule has 2 heterocycles. The molecular formula is C36H44N6O3. The molecule has 4 N–H and O–H groups in total. The van der Waals surface area contributed by atoms with Crippen LogP contribution >= 0.6 is 0 Å². The molecule has 45 heavy (non-hydrogen) atoms. The highest BCUT2D eigenvalue weighted by Crippen LogP contribution is 2.31. The lowest BCUT2D eigenvalue weighted by Gasteiger charge is -2.25. The van der Waals surface area contributed by atoms with Crippen molar-refractivity contribution in [1.29, 1.82) is 0 Å². The zero-order chi connectivity index (χ0) is 31.1. The van der Waals surface area contributed by atoms with Gasteiger partial charge in [0.15, 0.2) is 0 Å². The summed E-state index contributed by atoms with van der Waals surface area (Å²) in [6.07, 6.45) is 8.32. The lowest BCUT2D eigenvalue weighted by Crippen LogP contribution is -2.35. The van der Waals surface area contributed by atoms with Gasteiger partial charge < -0.3 is 25.4 Å². The summed E-state index contributed by atoms with van der Waals surface area (Å²) in [7, 11) is 0. The minimum Gasteiger partial charge on any atom is -0.493 e. The number of carboxylic acids is 1. The largest absolute Gasteiger partial charge is 0.493 e. The van der Waals surface area contributed by atoms with Crippen molar-refractivity contribution < 1.29 is 14.6 Å². The molecule has 3 aromatic carbocycles. The Labute approximate surface area is 265 Å². The molecule has 4 aromatic rings. The molecule has 0 spiro atoms. The average molecular weight is 609 g/mol. The number of carboxylic acid groups (broad SMARTS) is 1. The van der Waals surface area contributed by atoms with E-state index in [0.29, 0.717) is 13.0 Å². The van der Waals surface area contributed by atoms with Gasteiger partial charge in [0, 0.05) is 48.4 Å². The summed E-state index contributed by atoms with van der Waals surface area (Å²) in [5, 5.41) is 20.7. The van der Waals surface area contributed by atoms with Crippen molar-refractivity contribution >= 4 is 34.6 Å². The van der Waals surface area contributed by atoms with Gasteiger partial charge in [-0.1, -0.05) is 48.5 Å². The topological polar surface area (TPSA) is 111 Å². The molecule has 1 atom stereocenters. The van der Waals surface area contributed by atoms with Crippen molar-refractivity contribution in [1.82, 2.24) is 20.5 Å². The van der Waals surface area contributed by atoms with Gasteiger partial charge >= 0.3 is 5.97 Å². The van der Waals surface area contributed by atoms with Crippen LogP contribution in [0.1, 0.15) is 49.4 Å². The summed E-state index contributed by atoms with van der Waals surface area (Å²) in [6.45, 7) is 4.80. The van der Waals surface area contributed by atoms with Gasteiger partial charge in [0.25, 0.3) is 0 Å². The van der Waals surface area contributed by atoms with E-state index in [1.807, 2.05) is 42.6 Å². The molecule has 236 valence electrons. The van der Waals surface area contributed by atoms with Gasteiger partial charge in [-0.3, -0.25) is 15.1 Å². The summed E-state index contributed by atoms with van der Waals surface area (Å²) < 4.78 is 6.12. The van der Waals surface area contributed by atoms with Crippen LogP contribution < -0.4 is 20.7 Å². The number of fused-ring (bicyclic) bond motifs is 2. The molecule has 1 unspecified atom stereocenters. The third-order valence-corrected chi connectivity index (χ3v) is 7.96. The first-order chi connectivity index (χ1) is 22.2. The van der Waals surface area contributed by atoms with Crippen LogP contribution in [0.15, 0.2) is 90.1 Å². The second-order valence-electron chi connectivity index (χ2n) is 11.3. The number of benzene rings is 3. The number of anilines is 1. The summed E-state index contributed by atoms with van der Waals surface area (Å²) in [4.78, 5) is 22.4. The number of nitrogens with zero attached hydrogens (tertiary/aromatic N) is 3. The SMILES string of the molecule is O=C(O)CCCN(CCCNc1ccnc2ccccc12)CCCOc1ccc2c(c1)N=CNC2NCCCc1ccccc1. The van der Waals surface area contributed by atoms with Crippen LogP contribution in [-0.4, -0.2) is 66.6 Å². The number of rotatable bonds is 19. The molecule has 1 aliphatic rings. The maximum absolute atomic E-state index is 11.1. The molecule has 1 aromatic heterocycles. The van der Waals surface area contributed by atoms with E-state index in [-0.39, 0.29) is 12.6 Å². The van der Waals surface area contributed by atoms with Gasteiger partial charge in [0.2, 0.25) is 0 Å². The van der Waals surface area contributed by atoms with Gasteiger partial charge in [-0.15, -0.1) is 0 Å². The van der Waals surface area contributed by atoms with E-state index in [0.717, 1.165) is 92.0 Å². The number of pyridine rings is 1. The third-order valence-electron chi connectivity index (χ3n) is 7.96. The molecule has 0 aliphatic carbocycles. The van der Waals surface area contributed by atoms with Crippen molar-refractivity contribution in [3.05, 3.63) is 96.2 Å². The summed E-state index contributed by atoms with van der Waals surface area (Å²) >= 11 is 0. The molecule has 9 heteroatoms. The van der Waals surface area contributed by atoms with Crippen molar-refractivity contribution in [3.8, 4) is 5.75 Å². The van der Waals surface area contributed by atoms with Gasteiger partial charge in [-0.05, 0) is 81.6 Å². The van der Waals surface area contributed by atoms with E-state index in [1.165, 1.54) is 5.56 Å². The minimum absolute atomic E-state index is 0.0217. The average Bonchev–Trinajstić information content (AvgIpc) is 3.07. The predicted octanol–water partition coefficient (Wildman–Crippen LogP) is 6.16. The molecule has 9 nitrogen and oxygen atoms in total. The van der Waals surface area contributed by atoms with E-state index in [1.54, 1.807) is 6.34 Å². The zero-order valence-electron chi connectivity index (χ0n) is 25.8. The van der Waals surface area contributed by atoms with Crippen molar-refractivity contribution in [2.24, 2.45) is 4.99 Å². The quantitative estimate of drug-likeness (QED) is 0.0938. The predicted molar refractivity (Wildman–Crippen MR) is 182 cm³/mol. The Kier molecular flexibility index (Phi) is 12.2. The maximum atomic E-state index is 11.1. The zero-order valence-corrected chi connectivity index (χ0v) is 25.8. The number of carbonyl (C=O) groups is 1. The van der Waals surface area contributed by atoms with Crippen molar-refractivity contribution in [2.45, 2.75) is 44.7 Å². The Bertz CT molecular complexity index is 1520. The Hall–Kier alpha value is -4.47. The highest BCUT2D eigenvalue weighted by Gasteiger charge is 2.17. The molecule has 0 bridgehead atoms. The Morgan fingerprint density at radius 2 is 1.73 bits per heavy atom. The fraction of sp³-hybridized carbons (Fsp3) is 0.361. The molecule has 0 saturated carbocycles. The molecule has 0 amide bonds. The van der Waals surface area contributed by atoms with Crippen LogP contribution in [0.25, 0.3) is 10.9 Å². The second-order valence-corrected chi connectivity index (χ2v) is 11.3. The number of hydrogen-bond donors (Lipinski definition) is 4. The molecule has 1 aliphatic heterocycles. The Morgan fingerprint density at radius 1 is 0.911 bits per heavy atom. The summed E-state index contributed by atoms with van der Waals surface area (Å²) in [6, 6.07) is 26.8. The van der Waals surface area contributed by atoms with Gasteiger partial charge in [0.05, 0.1) is 24.1 Å². The number of aliphatic imine (C=N–C) groups is 1. The summed E-state index contributed by atoms with van der Waals surface area (Å²) in [5.74, 6) is 0.0567. The second kappa shape index (κ2) is 17.1.